The fourth-order valence-corrected chi connectivity index (χ4v) is 4.94. The highest BCUT2D eigenvalue weighted by atomic mass is 16.3. The first kappa shape index (κ1) is 17.8. The Morgan fingerprint density at radius 3 is 2.59 bits per heavy atom. The maximum absolute atomic E-state index is 12.2. The quantitative estimate of drug-likeness (QED) is 0.667. The molecule has 148 valence electrons. The Bertz CT molecular complexity index is 1060. The van der Waals surface area contributed by atoms with E-state index in [1.807, 2.05) is 27.6 Å². The number of anilines is 1. The van der Waals surface area contributed by atoms with Gasteiger partial charge in [0, 0.05) is 29.9 Å². The van der Waals surface area contributed by atoms with Crippen LogP contribution in [0.3, 0.4) is 0 Å². The van der Waals surface area contributed by atoms with Crippen LogP contribution < -0.4 is 5.32 Å². The maximum Gasteiger partial charge on any atom is 0.246 e. The second kappa shape index (κ2) is 6.95. The molecule has 0 aliphatic carbocycles. The van der Waals surface area contributed by atoms with E-state index in [-0.39, 0.29) is 23.7 Å². The van der Waals surface area contributed by atoms with Crippen molar-refractivity contribution in [1.82, 2.24) is 14.3 Å². The molecule has 4 heterocycles. The first-order chi connectivity index (χ1) is 14.1. The van der Waals surface area contributed by atoms with E-state index in [2.05, 4.69) is 29.1 Å². The average Bonchev–Trinajstić information content (AvgIpc) is 3.30. The summed E-state index contributed by atoms with van der Waals surface area (Å²) in [4.78, 5) is 18.6. The molecule has 6 heteroatoms. The van der Waals surface area contributed by atoms with Crippen LogP contribution in [0.25, 0.3) is 16.6 Å². The Morgan fingerprint density at radius 1 is 1.17 bits per heavy atom. The van der Waals surface area contributed by atoms with Crippen LogP contribution in [0.1, 0.15) is 25.7 Å². The molecule has 2 aliphatic rings. The molecule has 2 N–H and O–H groups in total. The number of phenols is 1. The molecule has 3 atom stereocenters. The van der Waals surface area contributed by atoms with Crippen molar-refractivity contribution in [2.75, 3.05) is 5.32 Å². The van der Waals surface area contributed by atoms with Crippen LogP contribution in [0.5, 0.6) is 5.75 Å². The lowest BCUT2D eigenvalue weighted by Gasteiger charge is -2.39. The van der Waals surface area contributed by atoms with Gasteiger partial charge in [0.25, 0.3) is 0 Å². The van der Waals surface area contributed by atoms with Crippen molar-refractivity contribution < 1.29 is 9.90 Å². The van der Waals surface area contributed by atoms with Crippen LogP contribution >= 0.6 is 0 Å². The second-order valence-electron chi connectivity index (χ2n) is 8.02. The van der Waals surface area contributed by atoms with Crippen molar-refractivity contribution in [3.8, 4) is 16.9 Å². The molecule has 2 fully saturated rings. The van der Waals surface area contributed by atoms with E-state index in [0.717, 1.165) is 48.0 Å². The highest BCUT2D eigenvalue weighted by molar-refractivity contribution is 5.88. The molecule has 0 spiro atoms. The smallest absolute Gasteiger partial charge is 0.246 e. The molecule has 1 aromatic carbocycles. The molecule has 5 rings (SSSR count). The molecule has 29 heavy (non-hydrogen) atoms. The van der Waals surface area contributed by atoms with Gasteiger partial charge in [-0.3, -0.25) is 4.79 Å². The first-order valence-corrected chi connectivity index (χ1v) is 10.1. The van der Waals surface area contributed by atoms with Crippen molar-refractivity contribution in [3.05, 3.63) is 61.7 Å². The van der Waals surface area contributed by atoms with E-state index in [0.29, 0.717) is 6.04 Å². The number of nitrogens with zero attached hydrogens (tertiary/aromatic N) is 3. The van der Waals surface area contributed by atoms with Crippen LogP contribution in [-0.4, -0.2) is 43.4 Å². The zero-order valence-corrected chi connectivity index (χ0v) is 16.2. The molecule has 2 aromatic heterocycles. The summed E-state index contributed by atoms with van der Waals surface area (Å²) in [6.45, 7) is 3.66. The molecular weight excluding hydrogens is 364 g/mol. The third-order valence-electron chi connectivity index (χ3n) is 6.24. The van der Waals surface area contributed by atoms with Crippen molar-refractivity contribution in [1.29, 1.82) is 0 Å². The lowest BCUT2D eigenvalue weighted by molar-refractivity contribution is -0.130. The number of carbonyl (C=O) groups excluding carboxylic acids is 1. The Balaban J connectivity index is 1.44. The number of pyridine rings is 1. The molecule has 6 nitrogen and oxygen atoms in total. The number of phenolic OH excluding ortho intramolecular Hbond substituents is 1. The van der Waals surface area contributed by atoms with Gasteiger partial charge in [-0.05, 0) is 55.5 Å². The number of fused-ring (bicyclic) bond motifs is 3. The minimum absolute atomic E-state index is 0.0588. The van der Waals surface area contributed by atoms with Crippen LogP contribution in [0.2, 0.25) is 0 Å². The van der Waals surface area contributed by atoms with E-state index < -0.39 is 0 Å². The summed E-state index contributed by atoms with van der Waals surface area (Å²) in [6, 6.07) is 10.3. The SMILES string of the molecule is C=CC(=O)N1[C@@H]2CC[C@H]1C[C@H](Nc1cc(-c3ccc(O)cc3)cn3cncc13)C2. The highest BCUT2D eigenvalue weighted by Gasteiger charge is 2.42. The summed E-state index contributed by atoms with van der Waals surface area (Å²) >= 11 is 0. The largest absolute Gasteiger partial charge is 0.508 e. The Hall–Kier alpha value is -3.28. The number of hydrogen-bond donors (Lipinski definition) is 2. The second-order valence-corrected chi connectivity index (χ2v) is 8.02. The Morgan fingerprint density at radius 2 is 1.90 bits per heavy atom. The monoisotopic (exact) mass is 388 g/mol. The van der Waals surface area contributed by atoms with Gasteiger partial charge in [-0.15, -0.1) is 0 Å². The van der Waals surface area contributed by atoms with Crippen molar-refractivity contribution in [2.45, 2.75) is 43.8 Å². The number of imidazole rings is 1. The number of hydrogen-bond acceptors (Lipinski definition) is 4. The van der Waals surface area contributed by atoms with Crippen LogP contribution in [0.15, 0.2) is 61.7 Å². The maximum atomic E-state index is 12.2. The lowest BCUT2D eigenvalue weighted by atomic mass is 9.96. The van der Waals surface area contributed by atoms with E-state index in [1.54, 1.807) is 18.5 Å². The summed E-state index contributed by atoms with van der Waals surface area (Å²) in [5.41, 5.74) is 4.17. The number of benzene rings is 1. The van der Waals surface area contributed by atoms with Crippen LogP contribution in [-0.2, 0) is 4.79 Å². The third-order valence-corrected chi connectivity index (χ3v) is 6.24. The summed E-state index contributed by atoms with van der Waals surface area (Å²) < 4.78 is 2.02. The third kappa shape index (κ3) is 3.14. The Labute approximate surface area is 169 Å². The van der Waals surface area contributed by atoms with Gasteiger partial charge in [-0.25, -0.2) is 4.98 Å². The summed E-state index contributed by atoms with van der Waals surface area (Å²) in [6.07, 6.45) is 11.2. The van der Waals surface area contributed by atoms with Gasteiger partial charge < -0.3 is 19.7 Å². The fourth-order valence-electron chi connectivity index (χ4n) is 4.94. The van der Waals surface area contributed by atoms with E-state index in [9.17, 15) is 9.90 Å². The number of aromatic nitrogens is 2. The topological polar surface area (TPSA) is 69.9 Å². The van der Waals surface area contributed by atoms with Crippen LogP contribution in [0.4, 0.5) is 5.69 Å². The average molecular weight is 388 g/mol. The molecular formula is C23H24N4O2. The number of carbonyl (C=O) groups is 1. The normalized spacial score (nSPS) is 23.3. The number of piperidine rings is 1. The van der Waals surface area contributed by atoms with Gasteiger partial charge in [0.15, 0.2) is 0 Å². The fraction of sp³-hybridized carbons (Fsp3) is 0.304. The van der Waals surface area contributed by atoms with Gasteiger partial charge in [-0.1, -0.05) is 18.7 Å². The summed E-state index contributed by atoms with van der Waals surface area (Å²) in [7, 11) is 0. The highest BCUT2D eigenvalue weighted by Crippen LogP contribution is 2.38. The van der Waals surface area contributed by atoms with Crippen molar-refractivity contribution >= 4 is 17.1 Å². The predicted molar refractivity (Wildman–Crippen MR) is 113 cm³/mol. The first-order valence-electron chi connectivity index (χ1n) is 10.1. The van der Waals surface area contributed by atoms with Crippen molar-refractivity contribution in [3.63, 3.8) is 0 Å². The van der Waals surface area contributed by atoms with Gasteiger partial charge in [0.1, 0.15) is 5.75 Å². The zero-order valence-electron chi connectivity index (χ0n) is 16.2. The Kier molecular flexibility index (Phi) is 4.27. The molecule has 2 saturated heterocycles. The number of rotatable bonds is 4. The number of amides is 1. The minimum atomic E-state index is 0.0588. The lowest BCUT2D eigenvalue weighted by Crippen LogP contribution is -2.49. The zero-order chi connectivity index (χ0) is 20.0. The standard InChI is InChI=1S/C23H24N4O2/c1-2-23(29)27-18-5-6-19(27)11-17(10-18)25-21-9-16(13-26-14-24-12-22(21)26)15-3-7-20(28)8-4-15/h2-4,7-9,12-14,17-19,25,28H,1,5-6,10-11H2/t17-,18-,19+. The minimum Gasteiger partial charge on any atom is -0.508 e. The van der Waals surface area contributed by atoms with E-state index in [1.165, 1.54) is 6.08 Å². The van der Waals surface area contributed by atoms with Gasteiger partial charge in [0.2, 0.25) is 5.91 Å². The summed E-state index contributed by atoms with van der Waals surface area (Å²) in [5, 5.41) is 13.3. The van der Waals surface area contributed by atoms with E-state index in [4.69, 9.17) is 0 Å². The molecule has 2 aliphatic heterocycles. The number of nitrogens with one attached hydrogen (secondary N) is 1. The van der Waals surface area contributed by atoms with Gasteiger partial charge in [0.05, 0.1) is 23.7 Å². The summed E-state index contributed by atoms with van der Waals surface area (Å²) in [5.74, 6) is 0.315. The molecule has 0 radical (unpaired) electrons. The molecule has 2 bridgehead atoms. The van der Waals surface area contributed by atoms with E-state index >= 15 is 0 Å². The molecule has 0 saturated carbocycles. The van der Waals surface area contributed by atoms with Crippen molar-refractivity contribution in [2.24, 2.45) is 0 Å². The van der Waals surface area contributed by atoms with Gasteiger partial charge in [-0.2, -0.15) is 0 Å². The predicted octanol–water partition coefficient (Wildman–Crippen LogP) is 3.83. The number of aromatic hydroxyl groups is 1. The van der Waals surface area contributed by atoms with Gasteiger partial charge >= 0.3 is 0 Å². The molecule has 3 aromatic rings. The molecule has 1 amide bonds. The molecule has 0 unspecified atom stereocenters. The van der Waals surface area contributed by atoms with Crippen LogP contribution in [0, 0.1) is 0 Å².